The Bertz CT molecular complexity index is 353. The second-order valence-corrected chi connectivity index (χ2v) is 6.61. The summed E-state index contributed by atoms with van der Waals surface area (Å²) in [5.41, 5.74) is 0.373. The topological polar surface area (TPSA) is 37.8 Å². The van der Waals surface area contributed by atoms with Gasteiger partial charge in [0.1, 0.15) is 6.33 Å². The van der Waals surface area contributed by atoms with Gasteiger partial charge in [0, 0.05) is 17.5 Å². The van der Waals surface area contributed by atoms with Crippen LogP contribution >= 0.6 is 11.8 Å². The highest BCUT2D eigenvalue weighted by Crippen LogP contribution is 2.42. The minimum atomic E-state index is 0.373. The van der Waals surface area contributed by atoms with E-state index in [0.717, 1.165) is 5.03 Å². The first-order chi connectivity index (χ1) is 8.13. The average molecular weight is 251 g/mol. The van der Waals surface area contributed by atoms with Gasteiger partial charge in [-0.1, -0.05) is 20.3 Å². The number of nitrogens with zero attached hydrogens (tertiary/aromatic N) is 2. The van der Waals surface area contributed by atoms with Gasteiger partial charge in [-0.2, -0.15) is 0 Å². The molecule has 0 bridgehead atoms. The molecule has 1 aliphatic rings. The molecule has 1 aromatic rings. The van der Waals surface area contributed by atoms with E-state index in [0.29, 0.717) is 16.7 Å². The smallest absolute Gasteiger partial charge is 0.116 e. The molecule has 3 nitrogen and oxygen atoms in total. The molecule has 1 fully saturated rings. The highest BCUT2D eigenvalue weighted by Gasteiger charge is 2.38. The Hall–Kier alpha value is -0.610. The molecular formula is C13H21N3S. The number of hydrogen-bond acceptors (Lipinski definition) is 4. The standard InChI is InChI=1S/C13H21N3S/c1-13(2)7-4-5-10(12(13)14-3)17-11-6-8-15-9-16-11/h6,8-10,12,14H,4-5,7H2,1-3H3. The zero-order chi connectivity index (χ0) is 12.3. The molecule has 0 aromatic carbocycles. The van der Waals surface area contributed by atoms with Crippen molar-refractivity contribution >= 4 is 11.8 Å². The molecule has 1 heterocycles. The Kier molecular flexibility index (Phi) is 4.05. The molecule has 0 spiro atoms. The van der Waals surface area contributed by atoms with Crippen LogP contribution in [-0.2, 0) is 0 Å². The highest BCUT2D eigenvalue weighted by molar-refractivity contribution is 7.99. The van der Waals surface area contributed by atoms with E-state index in [2.05, 4.69) is 36.2 Å². The predicted molar refractivity (Wildman–Crippen MR) is 72.2 cm³/mol. The summed E-state index contributed by atoms with van der Waals surface area (Å²) in [4.78, 5) is 8.28. The molecule has 1 saturated carbocycles. The second kappa shape index (κ2) is 5.36. The van der Waals surface area contributed by atoms with Crippen molar-refractivity contribution in [2.45, 2.75) is 49.4 Å². The third-order valence-corrected chi connectivity index (χ3v) is 4.96. The minimum absolute atomic E-state index is 0.373. The summed E-state index contributed by atoms with van der Waals surface area (Å²) < 4.78 is 0. The second-order valence-electron chi connectivity index (χ2n) is 5.35. The van der Waals surface area contributed by atoms with Gasteiger partial charge in [-0.25, -0.2) is 9.97 Å². The van der Waals surface area contributed by atoms with Crippen molar-refractivity contribution in [3.63, 3.8) is 0 Å². The van der Waals surface area contributed by atoms with E-state index in [1.165, 1.54) is 19.3 Å². The summed E-state index contributed by atoms with van der Waals surface area (Å²) in [6, 6.07) is 2.55. The van der Waals surface area contributed by atoms with Crippen molar-refractivity contribution in [3.05, 3.63) is 18.6 Å². The third kappa shape index (κ3) is 2.99. The van der Waals surface area contributed by atoms with Crippen LogP contribution in [0, 0.1) is 5.41 Å². The number of nitrogens with one attached hydrogen (secondary N) is 1. The highest BCUT2D eigenvalue weighted by atomic mass is 32.2. The fourth-order valence-electron chi connectivity index (χ4n) is 2.79. The molecule has 2 unspecified atom stereocenters. The lowest BCUT2D eigenvalue weighted by molar-refractivity contribution is 0.182. The first kappa shape index (κ1) is 12.8. The molecule has 4 heteroatoms. The van der Waals surface area contributed by atoms with Crippen LogP contribution in [-0.4, -0.2) is 28.3 Å². The molecule has 0 saturated heterocycles. The van der Waals surface area contributed by atoms with Crippen LogP contribution in [0.15, 0.2) is 23.6 Å². The molecule has 0 radical (unpaired) electrons. The minimum Gasteiger partial charge on any atom is -0.315 e. The zero-order valence-corrected chi connectivity index (χ0v) is 11.6. The van der Waals surface area contributed by atoms with Crippen LogP contribution in [0.3, 0.4) is 0 Å². The van der Waals surface area contributed by atoms with E-state index in [-0.39, 0.29) is 0 Å². The Labute approximate surface area is 108 Å². The number of rotatable bonds is 3. The monoisotopic (exact) mass is 251 g/mol. The average Bonchev–Trinajstić information content (AvgIpc) is 2.29. The zero-order valence-electron chi connectivity index (χ0n) is 10.8. The lowest BCUT2D eigenvalue weighted by Crippen LogP contribution is -2.49. The third-order valence-electron chi connectivity index (χ3n) is 3.66. The van der Waals surface area contributed by atoms with E-state index in [1.54, 1.807) is 6.33 Å². The molecule has 2 atom stereocenters. The van der Waals surface area contributed by atoms with Crippen LogP contribution in [0.2, 0.25) is 0 Å². The van der Waals surface area contributed by atoms with Gasteiger partial charge >= 0.3 is 0 Å². The summed E-state index contributed by atoms with van der Waals surface area (Å²) in [6.07, 6.45) is 7.33. The van der Waals surface area contributed by atoms with Crippen molar-refractivity contribution in [3.8, 4) is 0 Å². The van der Waals surface area contributed by atoms with Crippen molar-refractivity contribution in [2.75, 3.05) is 7.05 Å². The Morgan fingerprint density at radius 3 is 2.94 bits per heavy atom. The first-order valence-corrected chi connectivity index (χ1v) is 7.11. The van der Waals surface area contributed by atoms with Gasteiger partial charge in [-0.3, -0.25) is 0 Å². The largest absolute Gasteiger partial charge is 0.315 e. The van der Waals surface area contributed by atoms with E-state index in [9.17, 15) is 0 Å². The lowest BCUT2D eigenvalue weighted by Gasteiger charge is -2.43. The molecule has 94 valence electrons. The van der Waals surface area contributed by atoms with E-state index in [1.807, 2.05) is 24.0 Å². The molecule has 0 aliphatic heterocycles. The van der Waals surface area contributed by atoms with Crippen molar-refractivity contribution in [1.29, 1.82) is 0 Å². The SMILES string of the molecule is CNC1C(Sc2ccncn2)CCCC1(C)C. The van der Waals surface area contributed by atoms with E-state index < -0.39 is 0 Å². The fourth-order valence-corrected chi connectivity index (χ4v) is 4.27. The molecule has 0 amide bonds. The molecule has 2 rings (SSSR count). The van der Waals surface area contributed by atoms with Crippen LogP contribution in [0.5, 0.6) is 0 Å². The van der Waals surface area contributed by atoms with Gasteiger partial charge in [0.2, 0.25) is 0 Å². The summed E-state index contributed by atoms with van der Waals surface area (Å²) >= 11 is 1.89. The maximum absolute atomic E-state index is 4.31. The Morgan fingerprint density at radius 1 is 1.47 bits per heavy atom. The van der Waals surface area contributed by atoms with Gasteiger partial charge < -0.3 is 5.32 Å². The summed E-state index contributed by atoms with van der Waals surface area (Å²) in [7, 11) is 2.07. The lowest BCUT2D eigenvalue weighted by atomic mass is 9.73. The number of hydrogen-bond donors (Lipinski definition) is 1. The van der Waals surface area contributed by atoms with Crippen LogP contribution in [0.4, 0.5) is 0 Å². The molecule has 1 aromatic heterocycles. The predicted octanol–water partition coefficient (Wildman–Crippen LogP) is 2.74. The number of aromatic nitrogens is 2. The fraction of sp³-hybridized carbons (Fsp3) is 0.692. The van der Waals surface area contributed by atoms with Crippen LogP contribution in [0.1, 0.15) is 33.1 Å². The van der Waals surface area contributed by atoms with Crippen molar-refractivity contribution in [1.82, 2.24) is 15.3 Å². The summed E-state index contributed by atoms with van der Waals surface area (Å²) in [5.74, 6) is 0. The van der Waals surface area contributed by atoms with Gasteiger partial charge in [-0.15, -0.1) is 11.8 Å². The number of thioether (sulfide) groups is 1. The van der Waals surface area contributed by atoms with E-state index >= 15 is 0 Å². The van der Waals surface area contributed by atoms with Gasteiger partial charge in [0.05, 0.1) is 5.03 Å². The van der Waals surface area contributed by atoms with Crippen molar-refractivity contribution < 1.29 is 0 Å². The molecule has 1 aliphatic carbocycles. The first-order valence-electron chi connectivity index (χ1n) is 6.23. The van der Waals surface area contributed by atoms with E-state index in [4.69, 9.17) is 0 Å². The summed E-state index contributed by atoms with van der Waals surface area (Å²) in [5, 5.41) is 5.20. The van der Waals surface area contributed by atoms with Crippen molar-refractivity contribution in [2.24, 2.45) is 5.41 Å². The maximum Gasteiger partial charge on any atom is 0.116 e. The van der Waals surface area contributed by atoms with Crippen LogP contribution < -0.4 is 5.32 Å². The molecule has 1 N–H and O–H groups in total. The van der Waals surface area contributed by atoms with Gasteiger partial charge in [0.15, 0.2) is 0 Å². The Morgan fingerprint density at radius 2 is 2.29 bits per heavy atom. The maximum atomic E-state index is 4.31. The van der Waals surface area contributed by atoms with Gasteiger partial charge in [-0.05, 0) is 31.4 Å². The van der Waals surface area contributed by atoms with Crippen LogP contribution in [0.25, 0.3) is 0 Å². The molecular weight excluding hydrogens is 230 g/mol. The normalized spacial score (nSPS) is 27.9. The molecule has 17 heavy (non-hydrogen) atoms. The quantitative estimate of drug-likeness (QED) is 0.838. The van der Waals surface area contributed by atoms with Gasteiger partial charge in [0.25, 0.3) is 0 Å². The summed E-state index contributed by atoms with van der Waals surface area (Å²) in [6.45, 7) is 4.72. The Balaban J connectivity index is 2.09.